The highest BCUT2D eigenvalue weighted by Gasteiger charge is 2.38. The molecule has 0 radical (unpaired) electrons. The monoisotopic (exact) mass is 337 g/mol. The molecule has 25 heavy (non-hydrogen) atoms. The van der Waals surface area contributed by atoms with Gasteiger partial charge in [-0.05, 0) is 49.5 Å². The number of amides is 1. The first-order valence-corrected chi connectivity index (χ1v) is 8.94. The van der Waals surface area contributed by atoms with Crippen molar-refractivity contribution in [1.82, 2.24) is 9.88 Å². The van der Waals surface area contributed by atoms with Gasteiger partial charge in [0.2, 0.25) is 11.8 Å². The lowest BCUT2D eigenvalue weighted by molar-refractivity contribution is -0.114. The van der Waals surface area contributed by atoms with Crippen LogP contribution in [0.4, 0.5) is 5.82 Å². The second kappa shape index (κ2) is 6.84. The summed E-state index contributed by atoms with van der Waals surface area (Å²) < 4.78 is 6.34. The summed E-state index contributed by atoms with van der Waals surface area (Å²) in [5.41, 5.74) is 2.62. The van der Waals surface area contributed by atoms with Crippen molar-refractivity contribution in [2.24, 2.45) is 0 Å². The second-order valence-corrected chi connectivity index (χ2v) is 6.79. The summed E-state index contributed by atoms with van der Waals surface area (Å²) in [6, 6.07) is 14.4. The zero-order valence-electron chi connectivity index (χ0n) is 14.4. The van der Waals surface area contributed by atoms with Crippen LogP contribution in [0.3, 0.4) is 0 Å². The van der Waals surface area contributed by atoms with E-state index in [1.165, 1.54) is 30.9 Å². The Hall–Kier alpha value is -2.40. The zero-order valence-corrected chi connectivity index (χ0v) is 14.4. The number of carbonyl (C=O) groups excluding carboxylic acids is 1. The van der Waals surface area contributed by atoms with Crippen LogP contribution in [-0.4, -0.2) is 34.9 Å². The average Bonchev–Trinajstić information content (AvgIpc) is 3.23. The summed E-state index contributed by atoms with van der Waals surface area (Å²) in [5.74, 6) is 0.942. The van der Waals surface area contributed by atoms with Crippen LogP contribution in [0.2, 0.25) is 0 Å². The van der Waals surface area contributed by atoms with Crippen LogP contribution in [0.1, 0.15) is 37.0 Å². The first kappa shape index (κ1) is 16.1. The SMILES string of the molecule is CC(=O)Nc1cccc(O[C@H]2c3ccccc3C[C@@H]2N2CCCC2)n1. The van der Waals surface area contributed by atoms with Crippen molar-refractivity contribution < 1.29 is 9.53 Å². The molecule has 0 bridgehead atoms. The van der Waals surface area contributed by atoms with E-state index < -0.39 is 0 Å². The highest BCUT2D eigenvalue weighted by molar-refractivity contribution is 5.87. The lowest BCUT2D eigenvalue weighted by Crippen LogP contribution is -2.38. The Morgan fingerprint density at radius 2 is 1.96 bits per heavy atom. The average molecular weight is 337 g/mol. The summed E-state index contributed by atoms with van der Waals surface area (Å²) in [6.07, 6.45) is 3.52. The lowest BCUT2D eigenvalue weighted by Gasteiger charge is -2.29. The molecule has 1 aromatic heterocycles. The Morgan fingerprint density at radius 3 is 2.76 bits per heavy atom. The quantitative estimate of drug-likeness (QED) is 0.931. The summed E-state index contributed by atoms with van der Waals surface area (Å²) >= 11 is 0. The molecule has 1 fully saturated rings. The van der Waals surface area contributed by atoms with E-state index in [0.29, 0.717) is 17.7 Å². The third kappa shape index (κ3) is 3.37. The fourth-order valence-electron chi connectivity index (χ4n) is 3.93. The predicted molar refractivity (Wildman–Crippen MR) is 96.7 cm³/mol. The van der Waals surface area contributed by atoms with Crippen LogP contribution in [0.5, 0.6) is 5.88 Å². The number of ether oxygens (including phenoxy) is 1. The van der Waals surface area contributed by atoms with Gasteiger partial charge in [0.05, 0.1) is 6.04 Å². The topological polar surface area (TPSA) is 54.5 Å². The van der Waals surface area contributed by atoms with E-state index in [1.807, 2.05) is 12.1 Å². The predicted octanol–water partition coefficient (Wildman–Crippen LogP) is 3.18. The largest absolute Gasteiger partial charge is 0.468 e. The molecule has 0 unspecified atom stereocenters. The van der Waals surface area contributed by atoms with Gasteiger partial charge in [-0.15, -0.1) is 0 Å². The van der Waals surface area contributed by atoms with Crippen LogP contribution in [0, 0.1) is 0 Å². The molecular formula is C20H23N3O2. The Balaban J connectivity index is 1.60. The molecule has 130 valence electrons. The first-order chi connectivity index (χ1) is 12.2. The van der Waals surface area contributed by atoms with E-state index >= 15 is 0 Å². The van der Waals surface area contributed by atoms with E-state index in [4.69, 9.17) is 4.74 Å². The van der Waals surface area contributed by atoms with Crippen molar-refractivity contribution in [1.29, 1.82) is 0 Å². The van der Waals surface area contributed by atoms with Crippen LogP contribution in [-0.2, 0) is 11.2 Å². The number of rotatable bonds is 4. The second-order valence-electron chi connectivity index (χ2n) is 6.79. The molecule has 5 nitrogen and oxygen atoms in total. The maximum atomic E-state index is 11.3. The van der Waals surface area contributed by atoms with E-state index in [-0.39, 0.29) is 12.0 Å². The van der Waals surface area contributed by atoms with Gasteiger partial charge >= 0.3 is 0 Å². The number of likely N-dealkylation sites (tertiary alicyclic amines) is 1. The number of aromatic nitrogens is 1. The van der Waals surface area contributed by atoms with Gasteiger partial charge in [0.15, 0.2) is 0 Å². The number of nitrogens with one attached hydrogen (secondary N) is 1. The minimum atomic E-state index is -0.134. The fraction of sp³-hybridized carbons (Fsp3) is 0.400. The standard InChI is InChI=1S/C20H23N3O2/c1-14(24)21-18-9-6-10-19(22-18)25-20-16-8-3-2-7-15(16)13-17(20)23-11-4-5-12-23/h2-3,6-10,17,20H,4-5,11-13H2,1H3,(H,21,22,24)/t17-,20-/m0/s1. The molecular weight excluding hydrogens is 314 g/mol. The maximum Gasteiger partial charge on any atom is 0.222 e. The lowest BCUT2D eigenvalue weighted by atomic mass is 10.1. The zero-order chi connectivity index (χ0) is 17.2. The molecule has 1 aromatic carbocycles. The number of carbonyl (C=O) groups is 1. The van der Waals surface area contributed by atoms with Gasteiger partial charge in [-0.2, -0.15) is 4.98 Å². The molecule has 2 aliphatic rings. The number of benzene rings is 1. The van der Waals surface area contributed by atoms with E-state index in [2.05, 4.69) is 39.5 Å². The van der Waals surface area contributed by atoms with Crippen molar-refractivity contribution in [2.75, 3.05) is 18.4 Å². The molecule has 4 rings (SSSR count). The molecule has 1 saturated heterocycles. The molecule has 1 amide bonds. The number of fused-ring (bicyclic) bond motifs is 1. The molecule has 2 atom stereocenters. The summed E-state index contributed by atoms with van der Waals surface area (Å²) in [5, 5.41) is 2.72. The van der Waals surface area contributed by atoms with E-state index in [1.54, 1.807) is 6.07 Å². The Labute approximate surface area is 148 Å². The number of pyridine rings is 1. The third-order valence-electron chi connectivity index (χ3n) is 5.03. The minimum absolute atomic E-state index is 0.0191. The summed E-state index contributed by atoms with van der Waals surface area (Å²) in [4.78, 5) is 18.2. The first-order valence-electron chi connectivity index (χ1n) is 8.94. The van der Waals surface area contributed by atoms with Crippen LogP contribution in [0.25, 0.3) is 0 Å². The van der Waals surface area contributed by atoms with Gasteiger partial charge in [0, 0.05) is 13.0 Å². The van der Waals surface area contributed by atoms with E-state index in [0.717, 1.165) is 19.5 Å². The number of hydrogen-bond acceptors (Lipinski definition) is 4. The molecule has 0 spiro atoms. The summed E-state index contributed by atoms with van der Waals surface area (Å²) in [6.45, 7) is 3.75. The number of nitrogens with zero attached hydrogens (tertiary/aromatic N) is 2. The van der Waals surface area contributed by atoms with Gasteiger partial charge in [-0.3, -0.25) is 9.69 Å². The van der Waals surface area contributed by atoms with Crippen LogP contribution < -0.4 is 10.1 Å². The number of anilines is 1. The minimum Gasteiger partial charge on any atom is -0.468 e. The highest BCUT2D eigenvalue weighted by atomic mass is 16.5. The summed E-state index contributed by atoms with van der Waals surface area (Å²) in [7, 11) is 0. The molecule has 2 heterocycles. The molecule has 1 aliphatic carbocycles. The van der Waals surface area contributed by atoms with Gasteiger partial charge in [0.25, 0.3) is 0 Å². The number of hydrogen-bond donors (Lipinski definition) is 1. The van der Waals surface area contributed by atoms with Crippen LogP contribution in [0.15, 0.2) is 42.5 Å². The third-order valence-corrected chi connectivity index (χ3v) is 5.03. The Bertz CT molecular complexity index is 771. The Kier molecular flexibility index (Phi) is 4.40. The van der Waals surface area contributed by atoms with Crippen molar-refractivity contribution in [3.05, 3.63) is 53.6 Å². The molecule has 1 aliphatic heterocycles. The van der Waals surface area contributed by atoms with Crippen molar-refractivity contribution >= 4 is 11.7 Å². The smallest absolute Gasteiger partial charge is 0.222 e. The molecule has 0 saturated carbocycles. The van der Waals surface area contributed by atoms with Gasteiger partial charge in [-0.1, -0.05) is 30.3 Å². The van der Waals surface area contributed by atoms with Gasteiger partial charge < -0.3 is 10.1 Å². The van der Waals surface area contributed by atoms with Crippen LogP contribution >= 0.6 is 0 Å². The molecule has 1 N–H and O–H groups in total. The van der Waals surface area contributed by atoms with Gasteiger partial charge in [-0.25, -0.2) is 0 Å². The normalized spacial score (nSPS) is 22.6. The fourth-order valence-corrected chi connectivity index (χ4v) is 3.93. The van der Waals surface area contributed by atoms with Crippen molar-refractivity contribution in [3.63, 3.8) is 0 Å². The highest BCUT2D eigenvalue weighted by Crippen LogP contribution is 2.38. The Morgan fingerprint density at radius 1 is 1.16 bits per heavy atom. The molecule has 5 heteroatoms. The van der Waals surface area contributed by atoms with Crippen molar-refractivity contribution in [2.45, 2.75) is 38.3 Å². The molecule has 2 aromatic rings. The van der Waals surface area contributed by atoms with Crippen molar-refractivity contribution in [3.8, 4) is 5.88 Å². The van der Waals surface area contributed by atoms with Gasteiger partial charge in [0.1, 0.15) is 11.9 Å². The van der Waals surface area contributed by atoms with E-state index in [9.17, 15) is 4.79 Å². The maximum absolute atomic E-state index is 11.3.